The number of rotatable bonds is 6. The van der Waals surface area contributed by atoms with Crippen LogP contribution in [0.1, 0.15) is 18.4 Å². The summed E-state index contributed by atoms with van der Waals surface area (Å²) in [5.74, 6) is -0.0120. The third-order valence-corrected chi connectivity index (χ3v) is 4.31. The van der Waals surface area contributed by atoms with Crippen LogP contribution in [-0.4, -0.2) is 41.9 Å². The van der Waals surface area contributed by atoms with Crippen LogP contribution in [0, 0.1) is 16.0 Å². The number of benzene rings is 1. The van der Waals surface area contributed by atoms with Crippen LogP contribution < -0.4 is 11.1 Å². The Labute approximate surface area is 139 Å². The van der Waals surface area contributed by atoms with Gasteiger partial charge in [-0.15, -0.1) is 0 Å². The fourth-order valence-corrected chi connectivity index (χ4v) is 3.01. The highest BCUT2D eigenvalue weighted by atomic mass is 35.5. The average Bonchev–Trinajstić information content (AvgIpc) is 2.54. The van der Waals surface area contributed by atoms with Crippen LogP contribution in [-0.2, 0) is 11.3 Å². The monoisotopic (exact) mass is 340 g/mol. The molecule has 0 bridgehead atoms. The molecule has 1 aliphatic rings. The molecule has 1 aromatic carbocycles. The minimum Gasteiger partial charge on any atom is -0.355 e. The topological polar surface area (TPSA) is 102 Å². The van der Waals surface area contributed by atoms with Crippen molar-refractivity contribution in [3.63, 3.8) is 0 Å². The van der Waals surface area contributed by atoms with E-state index in [0.29, 0.717) is 31.2 Å². The molecular formula is C15H21ClN4O3. The first-order chi connectivity index (χ1) is 11.0. The molecule has 0 spiro atoms. The number of non-ortho nitro benzene ring substituents is 1. The van der Waals surface area contributed by atoms with Gasteiger partial charge in [0.25, 0.3) is 5.69 Å². The van der Waals surface area contributed by atoms with E-state index in [-0.39, 0.29) is 17.5 Å². The predicted octanol–water partition coefficient (Wildman–Crippen LogP) is 1.54. The molecule has 0 aliphatic carbocycles. The molecule has 1 fully saturated rings. The first-order valence-corrected chi connectivity index (χ1v) is 8.02. The lowest BCUT2D eigenvalue weighted by atomic mass is 9.96. The van der Waals surface area contributed by atoms with E-state index in [0.717, 1.165) is 24.9 Å². The van der Waals surface area contributed by atoms with Gasteiger partial charge in [0.2, 0.25) is 5.91 Å². The Morgan fingerprint density at radius 2 is 2.30 bits per heavy atom. The zero-order valence-electron chi connectivity index (χ0n) is 12.8. The van der Waals surface area contributed by atoms with Crippen LogP contribution in [0.5, 0.6) is 0 Å². The smallest absolute Gasteiger partial charge is 0.270 e. The number of carbonyl (C=O) groups excluding carboxylic acids is 1. The van der Waals surface area contributed by atoms with Crippen LogP contribution in [0.25, 0.3) is 0 Å². The number of hydrogen-bond acceptors (Lipinski definition) is 5. The summed E-state index contributed by atoms with van der Waals surface area (Å²) in [6, 6.07) is 4.50. The number of piperidine rings is 1. The highest BCUT2D eigenvalue weighted by Crippen LogP contribution is 2.25. The minimum atomic E-state index is -0.464. The molecule has 1 aliphatic heterocycles. The van der Waals surface area contributed by atoms with Gasteiger partial charge in [-0.2, -0.15) is 0 Å². The maximum absolute atomic E-state index is 12.0. The highest BCUT2D eigenvalue weighted by molar-refractivity contribution is 6.31. The molecule has 3 N–H and O–H groups in total. The summed E-state index contributed by atoms with van der Waals surface area (Å²) in [5, 5.41) is 14.0. The SMILES string of the molecule is NCCNC(=O)C1CCCN(Cc2ccc([N+](=O)[O-])cc2Cl)C1. The van der Waals surface area contributed by atoms with Gasteiger partial charge < -0.3 is 11.1 Å². The van der Waals surface area contributed by atoms with Crippen LogP contribution >= 0.6 is 11.6 Å². The van der Waals surface area contributed by atoms with Crippen molar-refractivity contribution in [2.45, 2.75) is 19.4 Å². The number of nitrogens with two attached hydrogens (primary N) is 1. The molecule has 0 saturated carbocycles. The molecule has 2 rings (SSSR count). The molecule has 1 unspecified atom stereocenters. The van der Waals surface area contributed by atoms with Gasteiger partial charge in [0.15, 0.2) is 0 Å². The Morgan fingerprint density at radius 1 is 1.52 bits per heavy atom. The molecule has 1 saturated heterocycles. The van der Waals surface area contributed by atoms with Gasteiger partial charge in [0, 0.05) is 38.3 Å². The van der Waals surface area contributed by atoms with Crippen molar-refractivity contribution in [3.8, 4) is 0 Å². The van der Waals surface area contributed by atoms with Crippen molar-refractivity contribution in [3.05, 3.63) is 38.9 Å². The molecule has 8 heteroatoms. The third kappa shape index (κ3) is 4.89. The fourth-order valence-electron chi connectivity index (χ4n) is 2.77. The number of likely N-dealkylation sites (tertiary alicyclic amines) is 1. The van der Waals surface area contributed by atoms with Crippen molar-refractivity contribution in [1.29, 1.82) is 0 Å². The first kappa shape index (κ1) is 17.7. The number of amides is 1. The van der Waals surface area contributed by atoms with E-state index in [4.69, 9.17) is 17.3 Å². The van der Waals surface area contributed by atoms with E-state index in [1.165, 1.54) is 12.1 Å². The van der Waals surface area contributed by atoms with Crippen LogP contribution in [0.3, 0.4) is 0 Å². The van der Waals surface area contributed by atoms with Gasteiger partial charge in [0.1, 0.15) is 0 Å². The standard InChI is InChI=1S/C15H21ClN4O3/c16-14-8-13(20(22)23)4-3-11(14)9-19-7-1-2-12(10-19)15(21)18-6-5-17/h3-4,8,12H,1-2,5-7,9-10,17H2,(H,18,21). The average molecular weight is 341 g/mol. The van der Waals surface area contributed by atoms with Crippen molar-refractivity contribution in [2.75, 3.05) is 26.2 Å². The molecule has 0 radical (unpaired) electrons. The zero-order chi connectivity index (χ0) is 16.8. The summed E-state index contributed by atoms with van der Waals surface area (Å²) in [4.78, 5) is 24.5. The molecule has 0 aromatic heterocycles. The van der Waals surface area contributed by atoms with Gasteiger partial charge in [-0.3, -0.25) is 19.8 Å². The molecule has 1 heterocycles. The number of carbonyl (C=O) groups is 1. The number of nitro benzene ring substituents is 1. The summed E-state index contributed by atoms with van der Waals surface area (Å²) in [7, 11) is 0. The van der Waals surface area contributed by atoms with Crippen molar-refractivity contribution < 1.29 is 9.72 Å². The van der Waals surface area contributed by atoms with Crippen LogP contribution in [0.4, 0.5) is 5.69 Å². The summed E-state index contributed by atoms with van der Waals surface area (Å²) < 4.78 is 0. The molecule has 1 amide bonds. The quantitative estimate of drug-likeness (QED) is 0.604. The second kappa shape index (κ2) is 8.24. The van der Waals surface area contributed by atoms with Crippen molar-refractivity contribution >= 4 is 23.2 Å². The van der Waals surface area contributed by atoms with Crippen LogP contribution in [0.15, 0.2) is 18.2 Å². The second-order valence-corrected chi connectivity index (χ2v) is 6.09. The minimum absolute atomic E-state index is 0.0172. The Morgan fingerprint density at radius 3 is 2.96 bits per heavy atom. The number of nitrogens with zero attached hydrogens (tertiary/aromatic N) is 2. The maximum atomic E-state index is 12.0. The van der Waals surface area contributed by atoms with Gasteiger partial charge in [-0.05, 0) is 31.0 Å². The largest absolute Gasteiger partial charge is 0.355 e. The molecule has 126 valence electrons. The fraction of sp³-hybridized carbons (Fsp3) is 0.533. The number of nitrogens with one attached hydrogen (secondary N) is 1. The van der Waals surface area contributed by atoms with Crippen molar-refractivity contribution in [1.82, 2.24) is 10.2 Å². The van der Waals surface area contributed by atoms with E-state index in [1.807, 2.05) is 0 Å². The number of hydrogen-bond donors (Lipinski definition) is 2. The zero-order valence-corrected chi connectivity index (χ0v) is 13.6. The van der Waals surface area contributed by atoms with Gasteiger partial charge >= 0.3 is 0 Å². The van der Waals surface area contributed by atoms with Gasteiger partial charge in [-0.1, -0.05) is 11.6 Å². The lowest BCUT2D eigenvalue weighted by Crippen LogP contribution is -2.43. The molecule has 7 nitrogen and oxygen atoms in total. The van der Waals surface area contributed by atoms with E-state index in [2.05, 4.69) is 10.2 Å². The third-order valence-electron chi connectivity index (χ3n) is 3.96. The van der Waals surface area contributed by atoms with E-state index in [1.54, 1.807) is 6.07 Å². The molecule has 23 heavy (non-hydrogen) atoms. The maximum Gasteiger partial charge on any atom is 0.270 e. The predicted molar refractivity (Wildman–Crippen MR) is 88.2 cm³/mol. The van der Waals surface area contributed by atoms with Crippen LogP contribution in [0.2, 0.25) is 5.02 Å². The van der Waals surface area contributed by atoms with Gasteiger partial charge in [-0.25, -0.2) is 0 Å². The Hall–Kier alpha value is -1.70. The van der Waals surface area contributed by atoms with Crippen molar-refractivity contribution in [2.24, 2.45) is 11.7 Å². The van der Waals surface area contributed by atoms with E-state index >= 15 is 0 Å². The summed E-state index contributed by atoms with van der Waals surface area (Å²) in [6.07, 6.45) is 1.80. The number of halogens is 1. The molecule has 1 aromatic rings. The lowest BCUT2D eigenvalue weighted by molar-refractivity contribution is -0.384. The lowest BCUT2D eigenvalue weighted by Gasteiger charge is -2.32. The molecular weight excluding hydrogens is 320 g/mol. The number of nitro groups is 1. The molecule has 1 atom stereocenters. The first-order valence-electron chi connectivity index (χ1n) is 7.64. The highest BCUT2D eigenvalue weighted by Gasteiger charge is 2.26. The second-order valence-electron chi connectivity index (χ2n) is 5.69. The van der Waals surface area contributed by atoms with E-state index in [9.17, 15) is 14.9 Å². The summed E-state index contributed by atoms with van der Waals surface area (Å²) >= 11 is 6.14. The Balaban J connectivity index is 1.97. The van der Waals surface area contributed by atoms with Gasteiger partial charge in [0.05, 0.1) is 15.9 Å². The van der Waals surface area contributed by atoms with E-state index < -0.39 is 4.92 Å². The Bertz CT molecular complexity index is 582. The summed E-state index contributed by atoms with van der Waals surface area (Å²) in [6.45, 7) is 3.04. The summed E-state index contributed by atoms with van der Waals surface area (Å²) in [5.41, 5.74) is 6.21. The normalized spacial score (nSPS) is 18.6. The Kier molecular flexibility index (Phi) is 6.32.